The monoisotopic (exact) mass is 334 g/mol. The van der Waals surface area contributed by atoms with Crippen molar-refractivity contribution in [3.05, 3.63) is 27.2 Å². The molecule has 1 aromatic rings. The summed E-state index contributed by atoms with van der Waals surface area (Å²) < 4.78 is 7.17. The Bertz CT molecular complexity index is 424. The van der Waals surface area contributed by atoms with E-state index < -0.39 is 8.32 Å². The van der Waals surface area contributed by atoms with Gasteiger partial charge in [-0.15, -0.1) is 0 Å². The lowest BCUT2D eigenvalue weighted by atomic mass is 10.2. The van der Waals surface area contributed by atoms with Crippen LogP contribution < -0.4 is 4.43 Å². The standard InChI is InChI=1S/C13H20BrClOSi/c1-9-7-8-10(14)11(15)12(9)16-17(5,6)13(2,3)4/h7-8H,1-6H3. The second-order valence-electron chi connectivity index (χ2n) is 5.87. The largest absolute Gasteiger partial charge is 0.542 e. The fourth-order valence-corrected chi connectivity index (χ4v) is 2.87. The second kappa shape index (κ2) is 4.94. The van der Waals surface area contributed by atoms with E-state index in [-0.39, 0.29) is 5.04 Å². The maximum Gasteiger partial charge on any atom is 0.250 e. The lowest BCUT2D eigenvalue weighted by Gasteiger charge is -2.37. The average molecular weight is 336 g/mol. The maximum absolute atomic E-state index is 6.30. The van der Waals surface area contributed by atoms with Crippen LogP contribution in [0.25, 0.3) is 0 Å². The van der Waals surface area contributed by atoms with Gasteiger partial charge in [0.15, 0.2) is 0 Å². The third-order valence-electron chi connectivity index (χ3n) is 3.41. The Hall–Kier alpha value is 0.00688. The molecule has 0 saturated carbocycles. The number of halogens is 2. The van der Waals surface area contributed by atoms with E-state index in [1.165, 1.54) is 0 Å². The molecule has 0 aromatic heterocycles. The molecule has 0 spiro atoms. The fraction of sp³-hybridized carbons (Fsp3) is 0.538. The summed E-state index contributed by atoms with van der Waals surface area (Å²) in [6.45, 7) is 13.1. The molecular weight excluding hydrogens is 316 g/mol. The molecule has 4 heteroatoms. The molecule has 0 atom stereocenters. The van der Waals surface area contributed by atoms with Gasteiger partial charge in [-0.25, -0.2) is 0 Å². The summed E-state index contributed by atoms with van der Waals surface area (Å²) in [6, 6.07) is 3.98. The third-order valence-corrected chi connectivity index (χ3v) is 9.00. The minimum absolute atomic E-state index is 0.172. The molecule has 0 radical (unpaired) electrons. The molecule has 0 heterocycles. The molecular formula is C13H20BrClOSi. The first-order valence-corrected chi connectivity index (χ1v) is 9.78. The molecule has 0 fully saturated rings. The van der Waals surface area contributed by atoms with Crippen molar-refractivity contribution in [3.63, 3.8) is 0 Å². The number of rotatable bonds is 2. The Labute approximate surface area is 119 Å². The maximum atomic E-state index is 6.30. The number of hydrogen-bond acceptors (Lipinski definition) is 1. The molecule has 0 bridgehead atoms. The molecule has 0 unspecified atom stereocenters. The summed E-state index contributed by atoms with van der Waals surface area (Å²) >= 11 is 9.75. The summed E-state index contributed by atoms with van der Waals surface area (Å²) in [5.74, 6) is 0.827. The van der Waals surface area contributed by atoms with Crippen LogP contribution in [0.3, 0.4) is 0 Å². The van der Waals surface area contributed by atoms with Gasteiger partial charge in [-0.2, -0.15) is 0 Å². The number of benzene rings is 1. The zero-order valence-corrected chi connectivity index (χ0v) is 14.7. The molecule has 0 aliphatic rings. The van der Waals surface area contributed by atoms with E-state index in [0.717, 1.165) is 15.8 Å². The Kier molecular flexibility index (Phi) is 4.38. The quantitative estimate of drug-likeness (QED) is 0.621. The van der Waals surface area contributed by atoms with Crippen LogP contribution in [-0.4, -0.2) is 8.32 Å². The highest BCUT2D eigenvalue weighted by molar-refractivity contribution is 9.10. The Morgan fingerprint density at radius 2 is 1.76 bits per heavy atom. The van der Waals surface area contributed by atoms with Gasteiger partial charge in [0.05, 0.1) is 5.02 Å². The minimum Gasteiger partial charge on any atom is -0.542 e. The van der Waals surface area contributed by atoms with Gasteiger partial charge in [-0.1, -0.05) is 38.4 Å². The summed E-state index contributed by atoms with van der Waals surface area (Å²) in [6.07, 6.45) is 0. The SMILES string of the molecule is Cc1ccc(Br)c(Cl)c1O[Si](C)(C)C(C)(C)C. The first-order chi connectivity index (χ1) is 7.56. The first-order valence-electron chi connectivity index (χ1n) is 5.70. The van der Waals surface area contributed by atoms with E-state index in [1.54, 1.807) is 0 Å². The van der Waals surface area contributed by atoms with Crippen LogP contribution in [0.2, 0.25) is 23.2 Å². The smallest absolute Gasteiger partial charge is 0.250 e. The van der Waals surface area contributed by atoms with Gasteiger partial charge in [0.25, 0.3) is 8.32 Å². The van der Waals surface area contributed by atoms with E-state index >= 15 is 0 Å². The van der Waals surface area contributed by atoms with Gasteiger partial charge >= 0.3 is 0 Å². The number of hydrogen-bond donors (Lipinski definition) is 0. The van der Waals surface area contributed by atoms with Crippen molar-refractivity contribution in [2.75, 3.05) is 0 Å². The Morgan fingerprint density at radius 3 is 2.24 bits per heavy atom. The van der Waals surface area contributed by atoms with Crippen LogP contribution in [0.1, 0.15) is 26.3 Å². The van der Waals surface area contributed by atoms with Gasteiger partial charge < -0.3 is 4.43 Å². The van der Waals surface area contributed by atoms with Gasteiger partial charge in [-0.05, 0) is 52.6 Å². The molecule has 1 nitrogen and oxygen atoms in total. The van der Waals surface area contributed by atoms with E-state index in [9.17, 15) is 0 Å². The highest BCUT2D eigenvalue weighted by atomic mass is 79.9. The summed E-state index contributed by atoms with van der Waals surface area (Å²) in [5, 5.41) is 0.847. The predicted octanol–water partition coefficient (Wildman–Crippen LogP) is 5.79. The van der Waals surface area contributed by atoms with Crippen LogP contribution in [0.5, 0.6) is 5.75 Å². The fourth-order valence-electron chi connectivity index (χ4n) is 1.16. The topological polar surface area (TPSA) is 9.23 Å². The van der Waals surface area contributed by atoms with Crippen molar-refractivity contribution in [1.29, 1.82) is 0 Å². The average Bonchev–Trinajstić information content (AvgIpc) is 2.17. The van der Waals surface area contributed by atoms with Crippen molar-refractivity contribution in [3.8, 4) is 5.75 Å². The van der Waals surface area contributed by atoms with E-state index in [4.69, 9.17) is 16.0 Å². The summed E-state index contributed by atoms with van der Waals surface area (Å²) in [4.78, 5) is 0. The van der Waals surface area contributed by atoms with Crippen molar-refractivity contribution >= 4 is 35.8 Å². The second-order valence-corrected chi connectivity index (χ2v) is 11.8. The molecule has 1 rings (SSSR count). The van der Waals surface area contributed by atoms with Crippen LogP contribution >= 0.6 is 27.5 Å². The van der Waals surface area contributed by atoms with Crippen molar-refractivity contribution in [1.82, 2.24) is 0 Å². The third kappa shape index (κ3) is 3.27. The van der Waals surface area contributed by atoms with E-state index in [1.807, 2.05) is 19.1 Å². The Morgan fingerprint density at radius 1 is 1.24 bits per heavy atom. The first kappa shape index (κ1) is 15.1. The van der Waals surface area contributed by atoms with Crippen molar-refractivity contribution < 1.29 is 4.43 Å². The molecule has 17 heavy (non-hydrogen) atoms. The molecule has 0 N–H and O–H groups in total. The Balaban J connectivity index is 3.16. The molecule has 0 saturated heterocycles. The van der Waals surface area contributed by atoms with Gasteiger partial charge in [-0.3, -0.25) is 0 Å². The van der Waals surface area contributed by atoms with E-state index in [2.05, 4.69) is 49.8 Å². The zero-order valence-electron chi connectivity index (χ0n) is 11.3. The summed E-state index contributed by atoms with van der Waals surface area (Å²) in [7, 11) is -1.84. The summed E-state index contributed by atoms with van der Waals surface area (Å²) in [5.41, 5.74) is 1.09. The van der Waals surface area contributed by atoms with E-state index in [0.29, 0.717) is 5.02 Å². The van der Waals surface area contributed by atoms with Crippen molar-refractivity contribution in [2.24, 2.45) is 0 Å². The molecule has 96 valence electrons. The zero-order chi connectivity index (χ0) is 13.4. The molecule has 0 amide bonds. The van der Waals surface area contributed by atoms with Crippen LogP contribution in [0, 0.1) is 6.92 Å². The number of aryl methyl sites for hydroxylation is 1. The molecule has 0 aliphatic carbocycles. The lowest BCUT2D eigenvalue weighted by Crippen LogP contribution is -2.44. The van der Waals surface area contributed by atoms with Crippen molar-refractivity contribution in [2.45, 2.75) is 45.8 Å². The van der Waals surface area contributed by atoms with Gasteiger partial charge in [0, 0.05) is 4.47 Å². The highest BCUT2D eigenvalue weighted by Gasteiger charge is 2.39. The van der Waals surface area contributed by atoms with Gasteiger partial charge in [0.1, 0.15) is 5.75 Å². The predicted molar refractivity (Wildman–Crippen MR) is 81.7 cm³/mol. The highest BCUT2D eigenvalue weighted by Crippen LogP contribution is 2.42. The lowest BCUT2D eigenvalue weighted by molar-refractivity contribution is 0.489. The van der Waals surface area contributed by atoms with Crippen LogP contribution in [-0.2, 0) is 0 Å². The van der Waals surface area contributed by atoms with Gasteiger partial charge in [0.2, 0.25) is 0 Å². The normalized spacial score (nSPS) is 12.7. The molecule has 0 aliphatic heterocycles. The minimum atomic E-state index is -1.84. The van der Waals surface area contributed by atoms with Crippen LogP contribution in [0.4, 0.5) is 0 Å². The molecule has 1 aromatic carbocycles. The van der Waals surface area contributed by atoms with Crippen LogP contribution in [0.15, 0.2) is 16.6 Å².